The lowest BCUT2D eigenvalue weighted by Gasteiger charge is -2.19. The average Bonchev–Trinajstić information content (AvgIpc) is 3.17. The van der Waals surface area contributed by atoms with Gasteiger partial charge in [-0.15, -0.1) is 0 Å². The summed E-state index contributed by atoms with van der Waals surface area (Å²) in [6.07, 6.45) is 7.19. The molecule has 1 saturated carbocycles. The second kappa shape index (κ2) is 6.62. The molecule has 3 amide bonds. The quantitative estimate of drug-likeness (QED) is 0.857. The zero-order valence-electron chi connectivity index (χ0n) is 14.4. The van der Waals surface area contributed by atoms with E-state index >= 15 is 0 Å². The molecule has 1 aromatic rings. The first-order valence-electron chi connectivity index (χ1n) is 9.40. The number of amides is 3. The fourth-order valence-corrected chi connectivity index (χ4v) is 4.54. The van der Waals surface area contributed by atoms with Gasteiger partial charge in [0.05, 0.1) is 11.8 Å². The van der Waals surface area contributed by atoms with Crippen LogP contribution >= 0.6 is 0 Å². The molecule has 0 aromatic heterocycles. The molecule has 1 aliphatic heterocycles. The number of fused-ring (bicyclic) bond motifs is 2. The molecular weight excluding hydrogens is 316 g/mol. The van der Waals surface area contributed by atoms with Gasteiger partial charge in [-0.25, -0.2) is 0 Å². The van der Waals surface area contributed by atoms with Gasteiger partial charge in [0.2, 0.25) is 17.7 Å². The minimum atomic E-state index is -0.145. The van der Waals surface area contributed by atoms with E-state index in [0.29, 0.717) is 0 Å². The number of aryl methyl sites for hydroxylation is 2. The van der Waals surface area contributed by atoms with Crippen molar-refractivity contribution < 1.29 is 14.4 Å². The van der Waals surface area contributed by atoms with Gasteiger partial charge in [-0.05, 0) is 55.4 Å². The van der Waals surface area contributed by atoms with E-state index in [1.54, 1.807) is 0 Å². The number of nitrogens with zero attached hydrogens (tertiary/aromatic N) is 1. The number of likely N-dealkylation sites (tertiary alicyclic amines) is 1. The van der Waals surface area contributed by atoms with Gasteiger partial charge in [0.15, 0.2) is 0 Å². The van der Waals surface area contributed by atoms with E-state index < -0.39 is 0 Å². The van der Waals surface area contributed by atoms with E-state index in [0.717, 1.165) is 44.2 Å². The third-order valence-electron chi connectivity index (χ3n) is 5.88. The summed E-state index contributed by atoms with van der Waals surface area (Å²) >= 11 is 0. The maximum absolute atomic E-state index is 12.4. The highest BCUT2D eigenvalue weighted by molar-refractivity contribution is 6.05. The van der Waals surface area contributed by atoms with Gasteiger partial charge in [0.25, 0.3) is 0 Å². The molecule has 25 heavy (non-hydrogen) atoms. The molecule has 3 aliphatic rings. The second-order valence-electron chi connectivity index (χ2n) is 7.46. The first-order chi connectivity index (χ1) is 12.1. The molecule has 1 saturated heterocycles. The molecule has 2 aliphatic carbocycles. The van der Waals surface area contributed by atoms with Crippen LogP contribution in [0.3, 0.4) is 0 Å². The standard InChI is InChI=1S/C20H24N2O3/c23-18(21-15-9-8-13-4-3-5-14(13)12-15)10-11-22-19(24)16-6-1-2-7-17(16)20(22)25/h8-9,12,16-17H,1-7,10-11H2,(H,21,23)/t16-,17-/m0/s1. The van der Waals surface area contributed by atoms with E-state index in [1.165, 1.54) is 22.4 Å². The van der Waals surface area contributed by atoms with Gasteiger partial charge in [-0.2, -0.15) is 0 Å². The van der Waals surface area contributed by atoms with E-state index in [9.17, 15) is 14.4 Å². The lowest BCUT2D eigenvalue weighted by atomic mass is 9.81. The number of imide groups is 1. The molecule has 1 aromatic carbocycles. The Bertz CT molecular complexity index is 704. The molecule has 1 heterocycles. The van der Waals surface area contributed by atoms with Crippen LogP contribution in [-0.4, -0.2) is 29.2 Å². The number of hydrogen-bond donors (Lipinski definition) is 1. The van der Waals surface area contributed by atoms with Gasteiger partial charge >= 0.3 is 0 Å². The second-order valence-corrected chi connectivity index (χ2v) is 7.46. The monoisotopic (exact) mass is 340 g/mol. The maximum Gasteiger partial charge on any atom is 0.233 e. The van der Waals surface area contributed by atoms with Gasteiger partial charge < -0.3 is 5.32 Å². The van der Waals surface area contributed by atoms with Crippen molar-refractivity contribution in [3.8, 4) is 0 Å². The van der Waals surface area contributed by atoms with Gasteiger partial charge in [0.1, 0.15) is 0 Å². The smallest absolute Gasteiger partial charge is 0.233 e. The molecule has 2 atom stereocenters. The van der Waals surface area contributed by atoms with Crippen molar-refractivity contribution in [3.63, 3.8) is 0 Å². The predicted molar refractivity (Wildman–Crippen MR) is 93.9 cm³/mol. The normalized spacial score (nSPS) is 25.0. The van der Waals surface area contributed by atoms with Crippen LogP contribution in [0.4, 0.5) is 5.69 Å². The highest BCUT2D eigenvalue weighted by atomic mass is 16.2. The first kappa shape index (κ1) is 16.3. The van der Waals surface area contributed by atoms with Crippen molar-refractivity contribution in [1.29, 1.82) is 0 Å². The van der Waals surface area contributed by atoms with Crippen LogP contribution < -0.4 is 5.32 Å². The fraction of sp³-hybridized carbons (Fsp3) is 0.550. The SMILES string of the molecule is O=C(CCN1C(=O)[C@H]2CCCC[C@@H]2C1=O)Nc1ccc2c(c1)CCC2. The van der Waals surface area contributed by atoms with E-state index in [1.807, 2.05) is 12.1 Å². The Balaban J connectivity index is 1.34. The Hall–Kier alpha value is -2.17. The lowest BCUT2D eigenvalue weighted by molar-refractivity contribution is -0.140. The van der Waals surface area contributed by atoms with E-state index in [4.69, 9.17) is 0 Å². The molecule has 0 unspecified atom stereocenters. The molecule has 5 nitrogen and oxygen atoms in total. The number of rotatable bonds is 4. The summed E-state index contributed by atoms with van der Waals surface area (Å²) in [6, 6.07) is 6.06. The van der Waals surface area contributed by atoms with Gasteiger partial charge in [-0.3, -0.25) is 19.3 Å². The number of hydrogen-bond acceptors (Lipinski definition) is 3. The summed E-state index contributed by atoms with van der Waals surface area (Å²) in [6.45, 7) is 0.196. The highest BCUT2D eigenvalue weighted by Gasteiger charge is 2.47. The summed E-state index contributed by atoms with van der Waals surface area (Å²) in [7, 11) is 0. The van der Waals surface area contributed by atoms with Crippen molar-refractivity contribution in [2.24, 2.45) is 11.8 Å². The van der Waals surface area contributed by atoms with Crippen LogP contribution in [0.2, 0.25) is 0 Å². The predicted octanol–water partition coefficient (Wildman–Crippen LogP) is 2.68. The number of nitrogens with one attached hydrogen (secondary N) is 1. The topological polar surface area (TPSA) is 66.5 Å². The van der Waals surface area contributed by atoms with Crippen LogP contribution in [0.1, 0.15) is 49.7 Å². The molecule has 0 radical (unpaired) electrons. The zero-order valence-corrected chi connectivity index (χ0v) is 14.4. The van der Waals surface area contributed by atoms with Crippen molar-refractivity contribution in [2.45, 2.75) is 51.4 Å². The van der Waals surface area contributed by atoms with Gasteiger partial charge in [-0.1, -0.05) is 18.9 Å². The maximum atomic E-state index is 12.4. The molecule has 132 valence electrons. The van der Waals surface area contributed by atoms with E-state index in [-0.39, 0.29) is 42.5 Å². The molecule has 0 bridgehead atoms. The molecular formula is C20H24N2O3. The number of benzene rings is 1. The highest BCUT2D eigenvalue weighted by Crippen LogP contribution is 2.38. The summed E-state index contributed by atoms with van der Waals surface area (Å²) in [5.74, 6) is -0.560. The van der Waals surface area contributed by atoms with Crippen molar-refractivity contribution in [2.75, 3.05) is 11.9 Å². The number of carbonyl (C=O) groups is 3. The summed E-state index contributed by atoms with van der Waals surface area (Å²) < 4.78 is 0. The summed E-state index contributed by atoms with van der Waals surface area (Å²) in [5, 5.41) is 2.90. The Labute approximate surface area is 147 Å². The molecule has 0 spiro atoms. The molecule has 1 N–H and O–H groups in total. The molecule has 5 heteroatoms. The largest absolute Gasteiger partial charge is 0.326 e. The van der Waals surface area contributed by atoms with Crippen molar-refractivity contribution in [3.05, 3.63) is 29.3 Å². The average molecular weight is 340 g/mol. The van der Waals surface area contributed by atoms with Crippen LogP contribution in [-0.2, 0) is 27.2 Å². The van der Waals surface area contributed by atoms with Crippen LogP contribution in [0, 0.1) is 11.8 Å². The minimum Gasteiger partial charge on any atom is -0.326 e. The van der Waals surface area contributed by atoms with Crippen LogP contribution in [0.25, 0.3) is 0 Å². The number of anilines is 1. The molecule has 4 rings (SSSR count). The molecule has 2 fully saturated rings. The van der Waals surface area contributed by atoms with Gasteiger partial charge in [0, 0.05) is 18.7 Å². The fourth-order valence-electron chi connectivity index (χ4n) is 4.54. The zero-order chi connectivity index (χ0) is 17.4. The summed E-state index contributed by atoms with van der Waals surface area (Å²) in [5.41, 5.74) is 3.49. The first-order valence-corrected chi connectivity index (χ1v) is 9.40. The number of carbonyl (C=O) groups excluding carboxylic acids is 3. The van der Waals surface area contributed by atoms with Crippen LogP contribution in [0.15, 0.2) is 18.2 Å². The Morgan fingerprint density at radius 3 is 2.40 bits per heavy atom. The van der Waals surface area contributed by atoms with Crippen LogP contribution in [0.5, 0.6) is 0 Å². The van der Waals surface area contributed by atoms with Crippen molar-refractivity contribution >= 4 is 23.4 Å². The third kappa shape index (κ3) is 3.08. The van der Waals surface area contributed by atoms with Crippen molar-refractivity contribution in [1.82, 2.24) is 4.90 Å². The summed E-state index contributed by atoms with van der Waals surface area (Å²) in [4.78, 5) is 38.4. The Morgan fingerprint density at radius 2 is 1.68 bits per heavy atom. The Kier molecular flexibility index (Phi) is 4.32. The third-order valence-corrected chi connectivity index (χ3v) is 5.88. The minimum absolute atomic E-state index is 0.0694. The Morgan fingerprint density at radius 1 is 1.00 bits per heavy atom. The van der Waals surface area contributed by atoms with E-state index in [2.05, 4.69) is 11.4 Å². The lowest BCUT2D eigenvalue weighted by Crippen LogP contribution is -2.34.